The van der Waals surface area contributed by atoms with Crippen molar-refractivity contribution in [3.63, 3.8) is 0 Å². The number of nitrogens with zero attached hydrogens (tertiary/aromatic N) is 1. The van der Waals surface area contributed by atoms with E-state index in [1.54, 1.807) is 11.8 Å². The van der Waals surface area contributed by atoms with Crippen LogP contribution in [0.1, 0.15) is 51.9 Å². The molecular formula is C14H23N3OS. The van der Waals surface area contributed by atoms with Gasteiger partial charge in [-0.2, -0.15) is 4.99 Å². The van der Waals surface area contributed by atoms with Crippen LogP contribution in [0.2, 0.25) is 0 Å². The maximum absolute atomic E-state index is 12.1. The lowest BCUT2D eigenvalue weighted by atomic mass is 9.92. The van der Waals surface area contributed by atoms with Gasteiger partial charge >= 0.3 is 0 Å². The number of aliphatic imine (C=N–C) groups is 1. The topological polar surface area (TPSA) is 53.5 Å². The van der Waals surface area contributed by atoms with E-state index in [1.807, 2.05) is 0 Å². The number of thioether (sulfide) groups is 1. The van der Waals surface area contributed by atoms with Gasteiger partial charge in [-0.1, -0.05) is 50.8 Å². The summed E-state index contributed by atoms with van der Waals surface area (Å²) in [6.07, 6.45) is 9.09. The summed E-state index contributed by atoms with van der Waals surface area (Å²) in [5.41, 5.74) is 0. The van der Waals surface area contributed by atoms with Crippen LogP contribution in [0, 0.1) is 5.92 Å². The number of amides is 1. The van der Waals surface area contributed by atoms with Crippen molar-refractivity contribution in [2.24, 2.45) is 10.9 Å². The summed E-state index contributed by atoms with van der Waals surface area (Å²) in [5.74, 6) is 0.384. The molecule has 1 saturated carbocycles. The minimum absolute atomic E-state index is 0.00425. The van der Waals surface area contributed by atoms with Crippen molar-refractivity contribution < 1.29 is 4.79 Å². The molecule has 0 aromatic carbocycles. The van der Waals surface area contributed by atoms with Crippen LogP contribution >= 0.6 is 11.8 Å². The van der Waals surface area contributed by atoms with E-state index in [9.17, 15) is 4.79 Å². The Morgan fingerprint density at radius 3 is 2.47 bits per heavy atom. The Kier molecular flexibility index (Phi) is 3.85. The number of hydrogen-bond donors (Lipinski definition) is 2. The van der Waals surface area contributed by atoms with Gasteiger partial charge in [0, 0.05) is 18.5 Å². The lowest BCUT2D eigenvalue weighted by Gasteiger charge is -2.42. The van der Waals surface area contributed by atoms with Crippen LogP contribution in [-0.2, 0) is 4.79 Å². The number of hydrogen-bond acceptors (Lipinski definition) is 4. The van der Waals surface area contributed by atoms with E-state index in [0.29, 0.717) is 12.0 Å². The molecule has 3 rings (SSSR count). The first-order valence-corrected chi connectivity index (χ1v) is 8.36. The number of amidine groups is 1. The van der Waals surface area contributed by atoms with Crippen LogP contribution in [0.3, 0.4) is 0 Å². The van der Waals surface area contributed by atoms with Gasteiger partial charge in [-0.3, -0.25) is 10.1 Å². The molecule has 2 heterocycles. The van der Waals surface area contributed by atoms with Gasteiger partial charge in [-0.25, -0.2) is 0 Å². The molecule has 106 valence electrons. The molecule has 2 fully saturated rings. The zero-order valence-electron chi connectivity index (χ0n) is 11.6. The third-order valence-electron chi connectivity index (χ3n) is 4.58. The third kappa shape index (κ3) is 2.55. The van der Waals surface area contributed by atoms with Gasteiger partial charge in [0.15, 0.2) is 10.0 Å². The second kappa shape index (κ2) is 5.44. The fourth-order valence-corrected chi connectivity index (χ4v) is 4.38. The molecular weight excluding hydrogens is 258 g/mol. The summed E-state index contributed by atoms with van der Waals surface area (Å²) in [6, 6.07) is 0.505. The van der Waals surface area contributed by atoms with Crippen LogP contribution in [0.15, 0.2) is 4.99 Å². The smallest absolute Gasteiger partial charge is 0.279 e. The molecule has 1 saturated heterocycles. The van der Waals surface area contributed by atoms with Crippen molar-refractivity contribution in [2.45, 2.75) is 62.8 Å². The Morgan fingerprint density at radius 2 is 1.95 bits per heavy atom. The van der Waals surface area contributed by atoms with Gasteiger partial charge in [0.2, 0.25) is 0 Å². The Morgan fingerprint density at radius 1 is 1.26 bits per heavy atom. The minimum Gasteiger partial charge on any atom is -0.362 e. The molecule has 0 radical (unpaired) electrons. The molecule has 2 N–H and O–H groups in total. The van der Waals surface area contributed by atoms with E-state index in [0.717, 1.165) is 11.7 Å². The maximum Gasteiger partial charge on any atom is 0.279 e. The molecule has 3 aliphatic rings. The third-order valence-corrected chi connectivity index (χ3v) is 6.02. The molecule has 2 unspecified atom stereocenters. The summed E-state index contributed by atoms with van der Waals surface area (Å²) in [7, 11) is 0. The number of rotatable bonds is 1. The number of carbonyl (C=O) groups is 1. The highest BCUT2D eigenvalue weighted by Crippen LogP contribution is 2.42. The molecule has 19 heavy (non-hydrogen) atoms. The summed E-state index contributed by atoms with van der Waals surface area (Å²) in [5, 5.41) is 7.62. The normalized spacial score (nSPS) is 36.6. The van der Waals surface area contributed by atoms with E-state index in [4.69, 9.17) is 0 Å². The van der Waals surface area contributed by atoms with Gasteiger partial charge in [0.25, 0.3) is 5.91 Å². The fraction of sp³-hybridized carbons (Fsp3) is 0.857. The summed E-state index contributed by atoms with van der Waals surface area (Å²) < 4.78 is 0. The molecule has 4 nitrogen and oxygen atoms in total. The summed E-state index contributed by atoms with van der Waals surface area (Å²) in [6.45, 7) is 3.04. The minimum atomic E-state index is -0.441. The van der Waals surface area contributed by atoms with E-state index in [1.165, 1.54) is 44.9 Å². The highest BCUT2D eigenvalue weighted by molar-refractivity contribution is 8.16. The van der Waals surface area contributed by atoms with E-state index >= 15 is 0 Å². The predicted octanol–water partition coefficient (Wildman–Crippen LogP) is 2.25. The summed E-state index contributed by atoms with van der Waals surface area (Å²) in [4.78, 5) is 15.8. The molecule has 0 bridgehead atoms. The van der Waals surface area contributed by atoms with Crippen molar-refractivity contribution >= 4 is 22.8 Å². The Bertz CT molecular complexity index is 390. The molecule has 0 aromatic rings. The van der Waals surface area contributed by atoms with Crippen LogP contribution in [0.4, 0.5) is 0 Å². The highest BCUT2D eigenvalue weighted by atomic mass is 32.2. The largest absolute Gasteiger partial charge is 0.362 e. The predicted molar refractivity (Wildman–Crippen MR) is 79.2 cm³/mol. The average molecular weight is 281 g/mol. The first-order valence-electron chi connectivity index (χ1n) is 7.54. The second-order valence-corrected chi connectivity index (χ2v) is 7.26. The second-order valence-electron chi connectivity index (χ2n) is 6.03. The SMILES string of the molecule is CC1CNC12SC(NC1CCCCCCC1)=NC2=O. The van der Waals surface area contributed by atoms with Crippen LogP contribution in [0.5, 0.6) is 0 Å². The fourth-order valence-electron chi connectivity index (χ4n) is 3.15. The Balaban J connectivity index is 1.58. The monoisotopic (exact) mass is 281 g/mol. The molecule has 0 aromatic heterocycles. The zero-order valence-corrected chi connectivity index (χ0v) is 12.4. The van der Waals surface area contributed by atoms with E-state index in [-0.39, 0.29) is 5.91 Å². The first-order chi connectivity index (χ1) is 9.21. The lowest BCUT2D eigenvalue weighted by Crippen LogP contribution is -2.65. The molecule has 1 spiro atoms. The average Bonchev–Trinajstić information content (AvgIpc) is 2.70. The molecule has 2 atom stereocenters. The standard InChI is InChI=1S/C14H23N3OS/c1-10-9-15-14(10)12(18)17-13(19-14)16-11-7-5-3-2-4-6-8-11/h10-11,15H,2-9H2,1H3,(H,16,17,18). The van der Waals surface area contributed by atoms with Gasteiger partial charge in [-0.05, 0) is 12.8 Å². The Hall–Kier alpha value is -0.550. The quantitative estimate of drug-likeness (QED) is 0.774. The first kappa shape index (κ1) is 13.4. The van der Waals surface area contributed by atoms with Crippen molar-refractivity contribution in [1.82, 2.24) is 10.6 Å². The zero-order chi connectivity index (χ0) is 13.3. The lowest BCUT2D eigenvalue weighted by molar-refractivity contribution is -0.124. The van der Waals surface area contributed by atoms with Crippen molar-refractivity contribution in [1.29, 1.82) is 0 Å². The van der Waals surface area contributed by atoms with E-state index in [2.05, 4.69) is 22.5 Å². The highest BCUT2D eigenvalue weighted by Gasteiger charge is 2.55. The molecule has 2 aliphatic heterocycles. The number of nitrogens with one attached hydrogen (secondary N) is 2. The maximum atomic E-state index is 12.1. The van der Waals surface area contributed by atoms with Crippen molar-refractivity contribution in [3.8, 4) is 0 Å². The van der Waals surface area contributed by atoms with Crippen molar-refractivity contribution in [3.05, 3.63) is 0 Å². The van der Waals surface area contributed by atoms with Gasteiger partial charge in [0.1, 0.15) is 0 Å². The van der Waals surface area contributed by atoms with Crippen LogP contribution in [-0.4, -0.2) is 28.5 Å². The molecule has 1 amide bonds. The van der Waals surface area contributed by atoms with E-state index < -0.39 is 4.87 Å². The van der Waals surface area contributed by atoms with Gasteiger partial charge < -0.3 is 5.32 Å². The summed E-state index contributed by atoms with van der Waals surface area (Å²) >= 11 is 1.60. The van der Waals surface area contributed by atoms with Gasteiger partial charge in [0.05, 0.1) is 0 Å². The van der Waals surface area contributed by atoms with Gasteiger partial charge in [-0.15, -0.1) is 0 Å². The van der Waals surface area contributed by atoms with Crippen molar-refractivity contribution in [2.75, 3.05) is 6.54 Å². The molecule has 1 aliphatic carbocycles. The van der Waals surface area contributed by atoms with Crippen LogP contribution in [0.25, 0.3) is 0 Å². The Labute approximate surface area is 119 Å². The molecule has 5 heteroatoms. The van der Waals surface area contributed by atoms with Crippen LogP contribution < -0.4 is 10.6 Å². The number of carbonyl (C=O) groups excluding carboxylic acids is 1.